The number of carbonyl (C=O) groups is 1. The van der Waals surface area contributed by atoms with Crippen molar-refractivity contribution in [2.45, 2.75) is 49.5 Å². The lowest BCUT2D eigenvalue weighted by molar-refractivity contribution is 0.0933. The van der Waals surface area contributed by atoms with Crippen molar-refractivity contribution in [1.29, 1.82) is 0 Å². The molecule has 2 aromatic carbocycles. The standard InChI is InChI=1S/C20H23FN2O3S/c21-16-9-13-19(14-10-16)27(25,26)23-18-11-7-15(8-12-18)20(24)22-17-5-3-1-2-4-6-17/h7-14,17,23H,1-6H2,(H,22,24). The summed E-state index contributed by atoms with van der Waals surface area (Å²) in [5, 5.41) is 3.06. The Morgan fingerprint density at radius 3 is 2.07 bits per heavy atom. The van der Waals surface area contributed by atoms with Crippen LogP contribution >= 0.6 is 0 Å². The van der Waals surface area contributed by atoms with E-state index in [0.717, 1.165) is 37.8 Å². The normalized spacial score (nSPS) is 15.7. The minimum atomic E-state index is -3.81. The highest BCUT2D eigenvalue weighted by Gasteiger charge is 2.17. The van der Waals surface area contributed by atoms with Gasteiger partial charge in [-0.25, -0.2) is 12.8 Å². The average molecular weight is 390 g/mol. The second kappa shape index (κ2) is 8.52. The van der Waals surface area contributed by atoms with E-state index in [1.54, 1.807) is 24.3 Å². The first kappa shape index (κ1) is 19.4. The van der Waals surface area contributed by atoms with Crippen LogP contribution in [0.25, 0.3) is 0 Å². The zero-order valence-electron chi connectivity index (χ0n) is 14.9. The van der Waals surface area contributed by atoms with Gasteiger partial charge in [-0.15, -0.1) is 0 Å². The third kappa shape index (κ3) is 5.29. The molecule has 27 heavy (non-hydrogen) atoms. The topological polar surface area (TPSA) is 75.3 Å². The number of anilines is 1. The van der Waals surface area contributed by atoms with Gasteiger partial charge in [0.25, 0.3) is 15.9 Å². The smallest absolute Gasteiger partial charge is 0.261 e. The van der Waals surface area contributed by atoms with E-state index in [9.17, 15) is 17.6 Å². The molecule has 0 aromatic heterocycles. The van der Waals surface area contributed by atoms with Crippen LogP contribution in [-0.4, -0.2) is 20.4 Å². The summed E-state index contributed by atoms with van der Waals surface area (Å²) < 4.78 is 40.0. The molecule has 1 aliphatic carbocycles. The van der Waals surface area contributed by atoms with E-state index in [2.05, 4.69) is 10.0 Å². The van der Waals surface area contributed by atoms with Crippen LogP contribution in [0.5, 0.6) is 0 Å². The lowest BCUT2D eigenvalue weighted by atomic mass is 10.1. The van der Waals surface area contributed by atoms with E-state index < -0.39 is 15.8 Å². The first-order valence-electron chi connectivity index (χ1n) is 9.13. The van der Waals surface area contributed by atoms with Gasteiger partial charge in [0, 0.05) is 17.3 Å². The van der Waals surface area contributed by atoms with E-state index in [-0.39, 0.29) is 16.8 Å². The molecule has 1 saturated carbocycles. The Kier molecular flexibility index (Phi) is 6.11. The zero-order chi connectivity index (χ0) is 19.3. The Hall–Kier alpha value is -2.41. The van der Waals surface area contributed by atoms with Gasteiger partial charge < -0.3 is 5.32 Å². The summed E-state index contributed by atoms with van der Waals surface area (Å²) in [6, 6.07) is 11.1. The largest absolute Gasteiger partial charge is 0.349 e. The predicted octanol–water partition coefficient (Wildman–Crippen LogP) is 4.08. The van der Waals surface area contributed by atoms with E-state index in [1.165, 1.54) is 25.0 Å². The molecule has 0 atom stereocenters. The van der Waals surface area contributed by atoms with Crippen LogP contribution in [0.2, 0.25) is 0 Å². The highest BCUT2D eigenvalue weighted by Crippen LogP contribution is 2.19. The monoisotopic (exact) mass is 390 g/mol. The molecule has 0 aliphatic heterocycles. The van der Waals surface area contributed by atoms with Crippen LogP contribution < -0.4 is 10.0 Å². The van der Waals surface area contributed by atoms with Crippen LogP contribution in [0.1, 0.15) is 48.9 Å². The number of halogens is 1. The molecule has 0 unspecified atom stereocenters. The lowest BCUT2D eigenvalue weighted by Gasteiger charge is -2.16. The minimum absolute atomic E-state index is 0.0286. The van der Waals surface area contributed by atoms with Gasteiger partial charge in [0.1, 0.15) is 5.82 Å². The Morgan fingerprint density at radius 1 is 0.889 bits per heavy atom. The van der Waals surface area contributed by atoms with E-state index >= 15 is 0 Å². The maximum Gasteiger partial charge on any atom is 0.261 e. The van der Waals surface area contributed by atoms with Crippen LogP contribution in [0, 0.1) is 5.82 Å². The van der Waals surface area contributed by atoms with Gasteiger partial charge >= 0.3 is 0 Å². The van der Waals surface area contributed by atoms with Crippen LogP contribution in [0.15, 0.2) is 53.4 Å². The van der Waals surface area contributed by atoms with E-state index in [1.807, 2.05) is 0 Å². The third-order valence-electron chi connectivity index (χ3n) is 4.71. The average Bonchev–Trinajstić information content (AvgIpc) is 2.91. The Morgan fingerprint density at radius 2 is 1.48 bits per heavy atom. The molecule has 7 heteroatoms. The number of hydrogen-bond donors (Lipinski definition) is 2. The van der Waals surface area contributed by atoms with Gasteiger partial charge in [-0.2, -0.15) is 0 Å². The van der Waals surface area contributed by atoms with Gasteiger partial charge in [0.05, 0.1) is 4.90 Å². The Bertz CT molecular complexity index is 872. The van der Waals surface area contributed by atoms with Crippen molar-refractivity contribution in [1.82, 2.24) is 5.32 Å². The van der Waals surface area contributed by atoms with Crippen LogP contribution in [0.4, 0.5) is 10.1 Å². The fraction of sp³-hybridized carbons (Fsp3) is 0.350. The highest BCUT2D eigenvalue weighted by atomic mass is 32.2. The van der Waals surface area contributed by atoms with E-state index in [0.29, 0.717) is 11.3 Å². The fourth-order valence-corrected chi connectivity index (χ4v) is 4.27. The van der Waals surface area contributed by atoms with Crippen molar-refractivity contribution in [2.75, 3.05) is 4.72 Å². The Labute approximate surface area is 159 Å². The molecular weight excluding hydrogens is 367 g/mol. The number of amides is 1. The second-order valence-corrected chi connectivity index (χ2v) is 8.48. The first-order chi connectivity index (χ1) is 12.9. The minimum Gasteiger partial charge on any atom is -0.349 e. The molecule has 1 amide bonds. The molecule has 144 valence electrons. The molecule has 0 bridgehead atoms. The number of nitrogens with one attached hydrogen (secondary N) is 2. The molecule has 2 N–H and O–H groups in total. The van der Waals surface area contributed by atoms with Gasteiger partial charge in [0.15, 0.2) is 0 Å². The van der Waals surface area contributed by atoms with Crippen molar-refractivity contribution >= 4 is 21.6 Å². The summed E-state index contributed by atoms with van der Waals surface area (Å²) in [4.78, 5) is 12.4. The zero-order valence-corrected chi connectivity index (χ0v) is 15.8. The maximum absolute atomic E-state index is 13.0. The van der Waals surface area contributed by atoms with Gasteiger partial charge in [-0.05, 0) is 61.4 Å². The van der Waals surface area contributed by atoms with Gasteiger partial charge in [0.2, 0.25) is 0 Å². The quantitative estimate of drug-likeness (QED) is 0.756. The summed E-state index contributed by atoms with van der Waals surface area (Å²) in [7, 11) is -3.81. The summed E-state index contributed by atoms with van der Waals surface area (Å²) in [6.45, 7) is 0. The number of rotatable bonds is 5. The Balaban J connectivity index is 1.64. The SMILES string of the molecule is O=C(NC1CCCCCC1)c1ccc(NS(=O)(=O)c2ccc(F)cc2)cc1. The summed E-state index contributed by atoms with van der Waals surface area (Å²) in [5.74, 6) is -0.646. The molecule has 0 radical (unpaired) electrons. The molecule has 2 aromatic rings. The maximum atomic E-state index is 13.0. The predicted molar refractivity (Wildman–Crippen MR) is 103 cm³/mol. The number of benzene rings is 2. The molecule has 3 rings (SSSR count). The number of hydrogen-bond acceptors (Lipinski definition) is 3. The van der Waals surface area contributed by atoms with Crippen molar-refractivity contribution in [2.24, 2.45) is 0 Å². The van der Waals surface area contributed by atoms with E-state index in [4.69, 9.17) is 0 Å². The highest BCUT2D eigenvalue weighted by molar-refractivity contribution is 7.92. The molecule has 0 saturated heterocycles. The third-order valence-corrected chi connectivity index (χ3v) is 6.11. The molecule has 1 aliphatic rings. The van der Waals surface area contributed by atoms with Gasteiger partial charge in [-0.1, -0.05) is 25.7 Å². The number of carbonyl (C=O) groups excluding carboxylic acids is 1. The lowest BCUT2D eigenvalue weighted by Crippen LogP contribution is -2.34. The summed E-state index contributed by atoms with van der Waals surface area (Å²) in [5.41, 5.74) is 0.828. The van der Waals surface area contributed by atoms with Gasteiger partial charge in [-0.3, -0.25) is 9.52 Å². The molecule has 1 fully saturated rings. The molecular formula is C20H23FN2O3S. The molecule has 0 heterocycles. The molecule has 5 nitrogen and oxygen atoms in total. The first-order valence-corrected chi connectivity index (χ1v) is 10.6. The number of sulfonamides is 1. The van der Waals surface area contributed by atoms with Crippen molar-refractivity contribution in [3.63, 3.8) is 0 Å². The van der Waals surface area contributed by atoms with Crippen LogP contribution in [-0.2, 0) is 10.0 Å². The van der Waals surface area contributed by atoms with Crippen molar-refractivity contribution in [3.05, 3.63) is 59.9 Å². The summed E-state index contributed by atoms with van der Waals surface area (Å²) >= 11 is 0. The fourth-order valence-electron chi connectivity index (χ4n) is 3.21. The van der Waals surface area contributed by atoms with Crippen LogP contribution in [0.3, 0.4) is 0 Å². The summed E-state index contributed by atoms with van der Waals surface area (Å²) in [6.07, 6.45) is 6.71. The molecule has 0 spiro atoms. The second-order valence-electron chi connectivity index (χ2n) is 6.80. The van der Waals surface area contributed by atoms with Crippen molar-refractivity contribution in [3.8, 4) is 0 Å². The van der Waals surface area contributed by atoms with Crippen molar-refractivity contribution < 1.29 is 17.6 Å².